The van der Waals surface area contributed by atoms with Crippen molar-refractivity contribution in [1.82, 2.24) is 24.7 Å². The molecule has 1 aromatic carbocycles. The number of nitrogens with one attached hydrogen (secondary N) is 1. The topological polar surface area (TPSA) is 156 Å². The van der Waals surface area contributed by atoms with Crippen molar-refractivity contribution in [3.63, 3.8) is 0 Å². The summed E-state index contributed by atoms with van der Waals surface area (Å²) in [7, 11) is 0. The van der Waals surface area contributed by atoms with Crippen LogP contribution in [0.1, 0.15) is 16.6 Å². The number of carbonyl (C=O) groups is 1. The van der Waals surface area contributed by atoms with E-state index in [0.29, 0.717) is 66.2 Å². The van der Waals surface area contributed by atoms with E-state index in [0.717, 1.165) is 11.3 Å². The molecule has 216 valence electrons. The summed E-state index contributed by atoms with van der Waals surface area (Å²) in [5.41, 5.74) is 1.66. The maximum Gasteiger partial charge on any atom is 0.324 e. The first-order chi connectivity index (χ1) is 20.4. The first-order valence-corrected chi connectivity index (χ1v) is 13.9. The molecule has 0 aliphatic carbocycles. The van der Waals surface area contributed by atoms with E-state index < -0.39 is 10.8 Å². The number of nitrogens with zero attached hydrogens (tertiary/aromatic N) is 6. The maximum absolute atomic E-state index is 13.0. The highest BCUT2D eigenvalue weighted by Crippen LogP contribution is 2.29. The minimum atomic E-state index is -0.552. The summed E-state index contributed by atoms with van der Waals surface area (Å²) in [4.78, 5) is 37.4. The molecular formula is C27H24ClN7O6S. The summed E-state index contributed by atoms with van der Waals surface area (Å²) >= 11 is 6.83. The predicted octanol–water partition coefficient (Wildman–Crippen LogP) is 5.18. The van der Waals surface area contributed by atoms with Gasteiger partial charge in [0.05, 0.1) is 46.9 Å². The fraction of sp³-hybridized carbons (Fsp3) is 0.222. The molecule has 13 nitrogen and oxygen atoms in total. The summed E-state index contributed by atoms with van der Waals surface area (Å²) in [5.74, 6) is 0.292. The fourth-order valence-electron chi connectivity index (χ4n) is 3.79. The molecule has 0 aliphatic rings. The number of aromatic nitrogens is 5. The van der Waals surface area contributed by atoms with Gasteiger partial charge in [-0.3, -0.25) is 14.9 Å². The van der Waals surface area contributed by atoms with E-state index in [1.807, 2.05) is 6.92 Å². The summed E-state index contributed by atoms with van der Waals surface area (Å²) in [6, 6.07) is 13.1. The lowest BCUT2D eigenvalue weighted by Crippen LogP contribution is -2.13. The fourth-order valence-corrected chi connectivity index (χ4v) is 4.63. The lowest BCUT2D eigenvalue weighted by atomic mass is 10.2. The van der Waals surface area contributed by atoms with Crippen LogP contribution in [0.15, 0.2) is 60.9 Å². The third kappa shape index (κ3) is 6.86. The van der Waals surface area contributed by atoms with Crippen molar-refractivity contribution >= 4 is 50.7 Å². The monoisotopic (exact) mass is 609 g/mol. The zero-order valence-corrected chi connectivity index (χ0v) is 23.8. The zero-order chi connectivity index (χ0) is 29.5. The van der Waals surface area contributed by atoms with Crippen LogP contribution < -0.4 is 10.1 Å². The van der Waals surface area contributed by atoms with Crippen LogP contribution in [0.4, 0.5) is 10.8 Å². The first-order valence-electron chi connectivity index (χ1n) is 12.7. The smallest absolute Gasteiger partial charge is 0.324 e. The highest BCUT2D eigenvalue weighted by atomic mass is 35.5. The normalized spacial score (nSPS) is 11.1. The number of fused-ring (bicyclic) bond motifs is 1. The van der Waals surface area contributed by atoms with E-state index in [2.05, 4.69) is 20.4 Å². The van der Waals surface area contributed by atoms with E-state index in [1.54, 1.807) is 47.3 Å². The van der Waals surface area contributed by atoms with Gasteiger partial charge < -0.3 is 19.5 Å². The number of benzene rings is 1. The Labute approximate surface area is 248 Å². The Morgan fingerprint density at radius 1 is 1.02 bits per heavy atom. The Kier molecular flexibility index (Phi) is 9.28. The Balaban J connectivity index is 1.42. The van der Waals surface area contributed by atoms with Gasteiger partial charge in [0.2, 0.25) is 5.88 Å². The van der Waals surface area contributed by atoms with E-state index in [-0.39, 0.29) is 21.5 Å². The van der Waals surface area contributed by atoms with Gasteiger partial charge in [-0.25, -0.2) is 19.6 Å². The number of rotatable bonds is 13. The van der Waals surface area contributed by atoms with Crippen LogP contribution in [0.5, 0.6) is 5.88 Å². The van der Waals surface area contributed by atoms with Gasteiger partial charge in [0, 0.05) is 35.5 Å². The van der Waals surface area contributed by atoms with Gasteiger partial charge >= 0.3 is 5.00 Å². The summed E-state index contributed by atoms with van der Waals surface area (Å²) < 4.78 is 17.9. The van der Waals surface area contributed by atoms with Gasteiger partial charge in [0.25, 0.3) is 5.91 Å². The summed E-state index contributed by atoms with van der Waals surface area (Å²) in [6.07, 6.45) is 3.09. The Morgan fingerprint density at radius 2 is 1.81 bits per heavy atom. The van der Waals surface area contributed by atoms with E-state index >= 15 is 0 Å². The number of halogens is 1. The highest BCUT2D eigenvalue weighted by Gasteiger charge is 2.20. The van der Waals surface area contributed by atoms with Crippen LogP contribution in [0.2, 0.25) is 5.02 Å². The maximum atomic E-state index is 13.0. The predicted molar refractivity (Wildman–Crippen MR) is 157 cm³/mol. The number of carbonyl (C=O) groups excluding carboxylic acids is 1. The Morgan fingerprint density at radius 3 is 2.52 bits per heavy atom. The molecule has 15 heteroatoms. The average Bonchev–Trinajstić information content (AvgIpc) is 3.66. The third-order valence-electron chi connectivity index (χ3n) is 5.78. The molecule has 0 radical (unpaired) electrons. The molecule has 5 rings (SSSR count). The number of hydrogen-bond donors (Lipinski definition) is 1. The molecule has 0 bridgehead atoms. The molecule has 4 heterocycles. The van der Waals surface area contributed by atoms with Crippen molar-refractivity contribution < 1.29 is 23.9 Å². The first kappa shape index (κ1) is 29.0. The van der Waals surface area contributed by atoms with Crippen molar-refractivity contribution in [3.8, 4) is 23.0 Å². The van der Waals surface area contributed by atoms with Crippen LogP contribution in [0.25, 0.3) is 28.1 Å². The summed E-state index contributed by atoms with van der Waals surface area (Å²) in [6.45, 7) is 4.29. The van der Waals surface area contributed by atoms with Crippen molar-refractivity contribution in [2.45, 2.75) is 6.92 Å². The van der Waals surface area contributed by atoms with Gasteiger partial charge in [0.1, 0.15) is 12.4 Å². The van der Waals surface area contributed by atoms with Crippen LogP contribution >= 0.6 is 22.9 Å². The number of thiophene rings is 1. The molecule has 0 aliphatic heterocycles. The molecule has 0 saturated carbocycles. The molecule has 4 aromatic heterocycles. The van der Waals surface area contributed by atoms with Gasteiger partial charge in [0.15, 0.2) is 11.5 Å². The van der Waals surface area contributed by atoms with Crippen molar-refractivity contribution in [3.05, 3.63) is 80.9 Å². The molecular weight excluding hydrogens is 586 g/mol. The second kappa shape index (κ2) is 13.4. The van der Waals surface area contributed by atoms with Crippen LogP contribution in [0.3, 0.4) is 0 Å². The zero-order valence-electron chi connectivity index (χ0n) is 22.2. The second-order valence-electron chi connectivity index (χ2n) is 8.56. The van der Waals surface area contributed by atoms with Crippen molar-refractivity contribution in [2.24, 2.45) is 0 Å². The minimum absolute atomic E-state index is 0.144. The third-order valence-corrected chi connectivity index (χ3v) is 7.06. The van der Waals surface area contributed by atoms with E-state index in [4.69, 9.17) is 30.8 Å². The molecule has 0 unspecified atom stereocenters. The molecule has 0 atom stereocenters. The van der Waals surface area contributed by atoms with E-state index in [1.165, 1.54) is 18.3 Å². The largest absolute Gasteiger partial charge is 0.475 e. The van der Waals surface area contributed by atoms with Crippen molar-refractivity contribution in [1.29, 1.82) is 0 Å². The standard InChI is InChI=1S/C27H24ClN7O6S/c1-2-39-11-12-40-13-14-41-22-9-3-17(15-29-22)24-31-25(33-27(36)21-8-10-23(42-21)35(37)38)20-16-30-34(26(20)32-24)19-6-4-18(28)5-7-19/h3-10,15-16H,2,11-14H2,1H3,(H,31,32,33,36). The molecule has 5 aromatic rings. The second-order valence-corrected chi connectivity index (χ2v) is 10.1. The molecule has 1 amide bonds. The average molecular weight is 610 g/mol. The van der Waals surface area contributed by atoms with Crippen LogP contribution in [-0.2, 0) is 9.47 Å². The van der Waals surface area contributed by atoms with Crippen LogP contribution in [0, 0.1) is 10.1 Å². The molecule has 42 heavy (non-hydrogen) atoms. The van der Waals surface area contributed by atoms with Gasteiger partial charge in [-0.1, -0.05) is 22.9 Å². The molecule has 1 N–H and O–H groups in total. The molecule has 0 fully saturated rings. The van der Waals surface area contributed by atoms with Crippen molar-refractivity contribution in [2.75, 3.05) is 38.4 Å². The SMILES string of the molecule is CCOCCOCCOc1ccc(-c2nc(NC(=O)c3ccc([N+](=O)[O-])s3)c3cnn(-c4ccc(Cl)cc4)c3n2)cn1. The Bertz CT molecular complexity index is 1690. The number of pyridine rings is 1. The summed E-state index contributed by atoms with van der Waals surface area (Å²) in [5, 5.41) is 19.2. The Hall–Kier alpha value is -4.50. The van der Waals surface area contributed by atoms with Gasteiger partial charge in [-0.2, -0.15) is 5.10 Å². The number of anilines is 1. The number of amides is 1. The number of hydrogen-bond acceptors (Lipinski definition) is 11. The quantitative estimate of drug-likeness (QED) is 0.107. The minimum Gasteiger partial charge on any atom is -0.475 e. The van der Waals surface area contributed by atoms with E-state index in [9.17, 15) is 14.9 Å². The van der Waals surface area contributed by atoms with Gasteiger partial charge in [-0.05, 0) is 43.3 Å². The number of ether oxygens (including phenoxy) is 3. The van der Waals surface area contributed by atoms with Gasteiger partial charge in [-0.15, -0.1) is 0 Å². The molecule has 0 saturated heterocycles. The lowest BCUT2D eigenvalue weighted by Gasteiger charge is -2.10. The highest BCUT2D eigenvalue weighted by molar-refractivity contribution is 7.17. The lowest BCUT2D eigenvalue weighted by molar-refractivity contribution is -0.380. The van der Waals surface area contributed by atoms with Crippen LogP contribution in [-0.4, -0.2) is 68.6 Å². The molecule has 0 spiro atoms. The number of nitro groups is 1.